The summed E-state index contributed by atoms with van der Waals surface area (Å²) < 4.78 is 0. The zero-order chi connectivity index (χ0) is 18.1. The maximum Gasteiger partial charge on any atom is 0.261 e. The topological polar surface area (TPSA) is 105 Å². The minimum absolute atomic E-state index is 0.0264. The smallest absolute Gasteiger partial charge is 0.261 e. The standard InChI is InChI=1S/C18H27N3O3/c1-5-18(6-2,10-19)21-16(24)12-7-11-13(20-15(12)23)8-17(3,4)9-14(11)22/h7H,5-6,8-10,19H2,1-4H3,(H,20,23)(H,21,24). The van der Waals surface area contributed by atoms with Crippen molar-refractivity contribution in [3.8, 4) is 0 Å². The van der Waals surface area contributed by atoms with E-state index in [9.17, 15) is 14.4 Å². The predicted molar refractivity (Wildman–Crippen MR) is 93.3 cm³/mol. The van der Waals surface area contributed by atoms with Gasteiger partial charge in [0.15, 0.2) is 5.78 Å². The Morgan fingerprint density at radius 2 is 1.92 bits per heavy atom. The van der Waals surface area contributed by atoms with Crippen molar-refractivity contribution in [2.75, 3.05) is 6.54 Å². The van der Waals surface area contributed by atoms with Crippen LogP contribution in [0.5, 0.6) is 0 Å². The molecule has 0 bridgehead atoms. The number of rotatable bonds is 5. The number of H-pyrrole nitrogens is 1. The quantitative estimate of drug-likeness (QED) is 0.763. The Bertz CT molecular complexity index is 706. The summed E-state index contributed by atoms with van der Waals surface area (Å²) in [6, 6.07) is 1.44. The van der Waals surface area contributed by atoms with Gasteiger partial charge in [0.25, 0.3) is 11.5 Å². The molecule has 0 radical (unpaired) electrons. The maximum absolute atomic E-state index is 12.6. The Morgan fingerprint density at radius 3 is 2.46 bits per heavy atom. The molecule has 0 spiro atoms. The third kappa shape index (κ3) is 3.43. The number of carbonyl (C=O) groups excluding carboxylic acids is 2. The van der Waals surface area contributed by atoms with Crippen LogP contribution in [-0.4, -0.2) is 28.8 Å². The third-order valence-electron chi connectivity index (χ3n) is 5.09. The Morgan fingerprint density at radius 1 is 1.29 bits per heavy atom. The highest BCUT2D eigenvalue weighted by molar-refractivity contribution is 6.02. The molecular weight excluding hydrogens is 306 g/mol. The van der Waals surface area contributed by atoms with E-state index in [1.54, 1.807) is 0 Å². The van der Waals surface area contributed by atoms with E-state index >= 15 is 0 Å². The van der Waals surface area contributed by atoms with E-state index in [2.05, 4.69) is 10.3 Å². The number of aromatic amines is 1. The molecule has 0 saturated heterocycles. The molecule has 1 aromatic heterocycles. The van der Waals surface area contributed by atoms with Gasteiger partial charge in [0.1, 0.15) is 5.56 Å². The first-order valence-electron chi connectivity index (χ1n) is 8.49. The van der Waals surface area contributed by atoms with E-state index in [0.29, 0.717) is 43.5 Å². The largest absolute Gasteiger partial charge is 0.345 e. The van der Waals surface area contributed by atoms with Crippen molar-refractivity contribution in [1.29, 1.82) is 0 Å². The molecule has 1 aliphatic carbocycles. The van der Waals surface area contributed by atoms with Crippen LogP contribution in [0, 0.1) is 5.41 Å². The van der Waals surface area contributed by atoms with Gasteiger partial charge in [-0.3, -0.25) is 14.4 Å². The lowest BCUT2D eigenvalue weighted by Gasteiger charge is -2.32. The van der Waals surface area contributed by atoms with E-state index in [0.717, 1.165) is 0 Å². The zero-order valence-electron chi connectivity index (χ0n) is 14.9. The van der Waals surface area contributed by atoms with E-state index in [-0.39, 0.29) is 16.8 Å². The second kappa shape index (κ2) is 6.51. The number of fused-ring (bicyclic) bond motifs is 1. The summed E-state index contributed by atoms with van der Waals surface area (Å²) in [7, 11) is 0. The van der Waals surface area contributed by atoms with Crippen molar-refractivity contribution < 1.29 is 9.59 Å². The van der Waals surface area contributed by atoms with Crippen LogP contribution >= 0.6 is 0 Å². The molecule has 1 aliphatic rings. The van der Waals surface area contributed by atoms with E-state index in [1.165, 1.54) is 6.07 Å². The highest BCUT2D eigenvalue weighted by atomic mass is 16.2. The summed E-state index contributed by atoms with van der Waals surface area (Å²) in [5.74, 6) is -0.520. The van der Waals surface area contributed by atoms with Crippen LogP contribution in [0.4, 0.5) is 0 Å². The van der Waals surface area contributed by atoms with E-state index < -0.39 is 17.0 Å². The van der Waals surface area contributed by atoms with Crippen LogP contribution in [-0.2, 0) is 6.42 Å². The second-order valence-electron chi connectivity index (χ2n) is 7.49. The van der Waals surface area contributed by atoms with Crippen molar-refractivity contribution >= 4 is 11.7 Å². The summed E-state index contributed by atoms with van der Waals surface area (Å²) >= 11 is 0. The third-order valence-corrected chi connectivity index (χ3v) is 5.09. The van der Waals surface area contributed by atoms with Gasteiger partial charge in [-0.1, -0.05) is 27.7 Å². The minimum atomic E-state index is -0.536. The van der Waals surface area contributed by atoms with Crippen LogP contribution in [0.3, 0.4) is 0 Å². The highest BCUT2D eigenvalue weighted by Crippen LogP contribution is 2.33. The maximum atomic E-state index is 12.6. The minimum Gasteiger partial charge on any atom is -0.345 e. The number of pyridine rings is 1. The first-order chi connectivity index (χ1) is 11.2. The number of amides is 1. The summed E-state index contributed by atoms with van der Waals surface area (Å²) in [5.41, 5.74) is 5.66. The molecule has 0 aromatic carbocycles. The molecule has 1 aromatic rings. The molecule has 1 heterocycles. The van der Waals surface area contributed by atoms with Crippen molar-refractivity contribution in [2.45, 2.75) is 58.9 Å². The number of carbonyl (C=O) groups is 2. The molecule has 6 heteroatoms. The summed E-state index contributed by atoms with van der Waals surface area (Å²) in [5, 5.41) is 2.88. The van der Waals surface area contributed by atoms with Gasteiger partial charge in [-0.2, -0.15) is 0 Å². The zero-order valence-corrected chi connectivity index (χ0v) is 14.9. The second-order valence-corrected chi connectivity index (χ2v) is 7.49. The summed E-state index contributed by atoms with van der Waals surface area (Å²) in [6.07, 6.45) is 2.36. The van der Waals surface area contributed by atoms with Gasteiger partial charge in [-0.25, -0.2) is 0 Å². The average Bonchev–Trinajstić information content (AvgIpc) is 2.50. The molecule has 0 aliphatic heterocycles. The molecule has 24 heavy (non-hydrogen) atoms. The SMILES string of the molecule is CCC(CC)(CN)NC(=O)c1cc2c([nH]c1=O)CC(C)(C)CC2=O. The van der Waals surface area contributed by atoms with E-state index in [4.69, 9.17) is 5.73 Å². The molecule has 0 saturated carbocycles. The lowest BCUT2D eigenvalue weighted by atomic mass is 9.75. The first-order valence-corrected chi connectivity index (χ1v) is 8.49. The van der Waals surface area contributed by atoms with Gasteiger partial charge in [0.2, 0.25) is 0 Å². The van der Waals surface area contributed by atoms with Crippen molar-refractivity contribution in [3.05, 3.63) is 33.2 Å². The molecular formula is C18H27N3O3. The number of hydrogen-bond acceptors (Lipinski definition) is 4. The number of ketones is 1. The molecule has 0 atom stereocenters. The Balaban J connectivity index is 2.40. The van der Waals surface area contributed by atoms with Crippen LogP contribution in [0.15, 0.2) is 10.9 Å². The molecule has 0 fully saturated rings. The van der Waals surface area contributed by atoms with Crippen LogP contribution in [0.1, 0.15) is 73.4 Å². The number of Topliss-reactive ketones (excluding diaryl/α,β-unsaturated/α-hetero) is 1. The van der Waals surface area contributed by atoms with Gasteiger partial charge in [0.05, 0.1) is 5.54 Å². The van der Waals surface area contributed by atoms with E-state index in [1.807, 2.05) is 27.7 Å². The molecule has 1 amide bonds. The van der Waals surface area contributed by atoms with Gasteiger partial charge in [-0.05, 0) is 30.7 Å². The van der Waals surface area contributed by atoms with Gasteiger partial charge in [-0.15, -0.1) is 0 Å². The van der Waals surface area contributed by atoms with Gasteiger partial charge >= 0.3 is 0 Å². The lowest BCUT2D eigenvalue weighted by Crippen LogP contribution is -2.53. The predicted octanol–water partition coefficient (Wildman–Crippen LogP) is 1.78. The molecule has 4 N–H and O–H groups in total. The molecule has 2 rings (SSSR count). The fraction of sp³-hybridized carbons (Fsp3) is 0.611. The Hall–Kier alpha value is -1.95. The van der Waals surface area contributed by atoms with Crippen molar-refractivity contribution in [3.63, 3.8) is 0 Å². The fourth-order valence-electron chi connectivity index (χ4n) is 3.27. The average molecular weight is 333 g/mol. The fourth-order valence-corrected chi connectivity index (χ4v) is 3.27. The number of aromatic nitrogens is 1. The van der Waals surface area contributed by atoms with Gasteiger partial charge in [0, 0.05) is 24.2 Å². The summed E-state index contributed by atoms with van der Waals surface area (Å²) in [4.78, 5) is 40.0. The number of nitrogens with two attached hydrogens (primary N) is 1. The molecule has 6 nitrogen and oxygen atoms in total. The summed E-state index contributed by atoms with van der Waals surface area (Å²) in [6.45, 7) is 8.16. The number of nitrogens with one attached hydrogen (secondary N) is 2. The first kappa shape index (κ1) is 18.4. The van der Waals surface area contributed by atoms with Crippen molar-refractivity contribution in [1.82, 2.24) is 10.3 Å². The monoisotopic (exact) mass is 333 g/mol. The number of hydrogen-bond donors (Lipinski definition) is 3. The highest BCUT2D eigenvalue weighted by Gasteiger charge is 2.33. The van der Waals surface area contributed by atoms with Crippen LogP contribution in [0.2, 0.25) is 0 Å². The molecule has 132 valence electrons. The Labute approximate surface area is 142 Å². The Kier molecular flexibility index (Phi) is 4.99. The van der Waals surface area contributed by atoms with Crippen molar-refractivity contribution in [2.24, 2.45) is 11.1 Å². The van der Waals surface area contributed by atoms with Crippen LogP contribution in [0.25, 0.3) is 0 Å². The molecule has 0 unspecified atom stereocenters. The normalized spacial score (nSPS) is 16.6. The van der Waals surface area contributed by atoms with Crippen LogP contribution < -0.4 is 16.6 Å². The van der Waals surface area contributed by atoms with Gasteiger partial charge < -0.3 is 16.0 Å². The lowest BCUT2D eigenvalue weighted by molar-refractivity contribution is 0.0893.